The standard InChI is InChI=1S/C12H22N2O4/c1-9(15)14-11(16)7-10(13)12(2,3)8-18-6-5-17-4/h13H,5-8H2,1-4H3,(H,14,15,16). The third-order valence-electron chi connectivity index (χ3n) is 2.36. The Morgan fingerprint density at radius 1 is 1.28 bits per heavy atom. The summed E-state index contributed by atoms with van der Waals surface area (Å²) in [5.41, 5.74) is -0.305. The van der Waals surface area contributed by atoms with Crippen LogP contribution < -0.4 is 5.32 Å². The van der Waals surface area contributed by atoms with Crippen LogP contribution in [0.15, 0.2) is 0 Å². The third-order valence-corrected chi connectivity index (χ3v) is 2.36. The molecular formula is C12H22N2O4. The van der Waals surface area contributed by atoms with Gasteiger partial charge in [0, 0.05) is 25.2 Å². The van der Waals surface area contributed by atoms with Crippen LogP contribution in [-0.2, 0) is 19.1 Å². The molecule has 0 rings (SSSR count). The lowest BCUT2D eigenvalue weighted by atomic mass is 9.86. The van der Waals surface area contributed by atoms with Crippen LogP contribution in [0.3, 0.4) is 0 Å². The molecule has 2 N–H and O–H groups in total. The number of hydrogen-bond donors (Lipinski definition) is 2. The molecular weight excluding hydrogens is 236 g/mol. The van der Waals surface area contributed by atoms with Crippen LogP contribution in [0.1, 0.15) is 27.2 Å². The van der Waals surface area contributed by atoms with Crippen molar-refractivity contribution in [1.82, 2.24) is 5.32 Å². The van der Waals surface area contributed by atoms with E-state index in [-0.39, 0.29) is 12.1 Å². The van der Waals surface area contributed by atoms with E-state index in [1.54, 1.807) is 7.11 Å². The maximum absolute atomic E-state index is 11.4. The van der Waals surface area contributed by atoms with E-state index in [9.17, 15) is 9.59 Å². The summed E-state index contributed by atoms with van der Waals surface area (Å²) in [6, 6.07) is 0. The predicted molar refractivity (Wildman–Crippen MR) is 67.6 cm³/mol. The highest BCUT2D eigenvalue weighted by Gasteiger charge is 2.26. The first-order chi connectivity index (χ1) is 8.29. The molecule has 0 saturated carbocycles. The lowest BCUT2D eigenvalue weighted by Crippen LogP contribution is -2.36. The average Bonchev–Trinajstić information content (AvgIpc) is 2.23. The van der Waals surface area contributed by atoms with Gasteiger partial charge in [-0.1, -0.05) is 13.8 Å². The number of amides is 2. The minimum absolute atomic E-state index is 0.0970. The van der Waals surface area contributed by atoms with Crippen molar-refractivity contribution in [1.29, 1.82) is 5.41 Å². The van der Waals surface area contributed by atoms with Crippen molar-refractivity contribution in [3.05, 3.63) is 0 Å². The van der Waals surface area contributed by atoms with E-state index in [0.717, 1.165) is 0 Å². The van der Waals surface area contributed by atoms with Gasteiger partial charge in [0.25, 0.3) is 0 Å². The van der Waals surface area contributed by atoms with Crippen molar-refractivity contribution < 1.29 is 19.1 Å². The van der Waals surface area contributed by atoms with Crippen LogP contribution in [0.25, 0.3) is 0 Å². The fourth-order valence-corrected chi connectivity index (χ4v) is 1.20. The molecule has 0 spiro atoms. The largest absolute Gasteiger partial charge is 0.382 e. The van der Waals surface area contributed by atoms with Crippen molar-refractivity contribution in [3.8, 4) is 0 Å². The molecule has 0 aliphatic carbocycles. The van der Waals surface area contributed by atoms with Gasteiger partial charge in [-0.05, 0) is 0 Å². The number of ether oxygens (including phenoxy) is 2. The summed E-state index contributed by atoms with van der Waals surface area (Å²) in [6.07, 6.45) is -0.0970. The van der Waals surface area contributed by atoms with Crippen molar-refractivity contribution in [2.24, 2.45) is 5.41 Å². The van der Waals surface area contributed by atoms with Gasteiger partial charge in [-0.25, -0.2) is 0 Å². The molecule has 0 bridgehead atoms. The molecule has 0 aromatic heterocycles. The number of nitrogens with one attached hydrogen (secondary N) is 2. The first kappa shape index (κ1) is 16.7. The van der Waals surface area contributed by atoms with Gasteiger partial charge in [0.05, 0.1) is 26.2 Å². The van der Waals surface area contributed by atoms with Gasteiger partial charge in [-0.2, -0.15) is 0 Å². The molecule has 0 aromatic rings. The topological polar surface area (TPSA) is 88.5 Å². The Morgan fingerprint density at radius 2 is 1.89 bits per heavy atom. The summed E-state index contributed by atoms with van der Waals surface area (Å²) < 4.78 is 10.2. The maximum atomic E-state index is 11.4. The molecule has 6 heteroatoms. The smallest absolute Gasteiger partial charge is 0.232 e. The maximum Gasteiger partial charge on any atom is 0.232 e. The lowest BCUT2D eigenvalue weighted by molar-refractivity contribution is -0.128. The molecule has 0 heterocycles. The summed E-state index contributed by atoms with van der Waals surface area (Å²) in [4.78, 5) is 22.0. The Hall–Kier alpha value is -1.27. The molecule has 0 aliphatic rings. The Balaban J connectivity index is 4.12. The highest BCUT2D eigenvalue weighted by Crippen LogP contribution is 2.19. The number of methoxy groups -OCH3 is 1. The highest BCUT2D eigenvalue weighted by molar-refractivity contribution is 6.06. The average molecular weight is 258 g/mol. The molecule has 0 saturated heterocycles. The first-order valence-electron chi connectivity index (χ1n) is 5.74. The number of rotatable bonds is 8. The normalized spacial score (nSPS) is 11.1. The van der Waals surface area contributed by atoms with E-state index in [0.29, 0.717) is 19.8 Å². The Bertz CT molecular complexity index is 313. The highest BCUT2D eigenvalue weighted by atomic mass is 16.5. The van der Waals surface area contributed by atoms with Crippen LogP contribution in [0.4, 0.5) is 0 Å². The summed E-state index contributed by atoms with van der Waals surface area (Å²) in [6.45, 7) is 6.19. The molecule has 0 atom stereocenters. The van der Waals surface area contributed by atoms with Crippen molar-refractivity contribution in [3.63, 3.8) is 0 Å². The minimum atomic E-state index is -0.540. The number of hydrogen-bond acceptors (Lipinski definition) is 5. The second kappa shape index (κ2) is 7.94. The molecule has 2 amide bonds. The fourth-order valence-electron chi connectivity index (χ4n) is 1.20. The molecule has 104 valence electrons. The number of carbonyl (C=O) groups is 2. The Kier molecular flexibility index (Phi) is 7.38. The quantitative estimate of drug-likeness (QED) is 0.496. The summed E-state index contributed by atoms with van der Waals surface area (Å²) in [5.74, 6) is -0.876. The van der Waals surface area contributed by atoms with Gasteiger partial charge in [-0.3, -0.25) is 14.9 Å². The fraction of sp³-hybridized carbons (Fsp3) is 0.750. The predicted octanol–water partition coefficient (Wildman–Crippen LogP) is 0.748. The van der Waals surface area contributed by atoms with Gasteiger partial charge in [-0.15, -0.1) is 0 Å². The molecule has 0 unspecified atom stereocenters. The van der Waals surface area contributed by atoms with Crippen LogP contribution in [0.2, 0.25) is 0 Å². The zero-order valence-electron chi connectivity index (χ0n) is 11.5. The van der Waals surface area contributed by atoms with Crippen LogP contribution >= 0.6 is 0 Å². The summed E-state index contributed by atoms with van der Waals surface area (Å²) >= 11 is 0. The van der Waals surface area contributed by atoms with E-state index < -0.39 is 17.2 Å². The van der Waals surface area contributed by atoms with Gasteiger partial charge in [0.15, 0.2) is 0 Å². The van der Waals surface area contributed by atoms with E-state index in [4.69, 9.17) is 14.9 Å². The van der Waals surface area contributed by atoms with Crippen LogP contribution in [-0.4, -0.2) is 44.5 Å². The van der Waals surface area contributed by atoms with Crippen molar-refractivity contribution in [2.45, 2.75) is 27.2 Å². The van der Waals surface area contributed by atoms with E-state index in [1.165, 1.54) is 6.92 Å². The molecule has 6 nitrogen and oxygen atoms in total. The first-order valence-corrected chi connectivity index (χ1v) is 5.74. The van der Waals surface area contributed by atoms with Crippen molar-refractivity contribution >= 4 is 17.5 Å². The summed E-state index contributed by atoms with van der Waals surface area (Å²) in [7, 11) is 1.59. The summed E-state index contributed by atoms with van der Waals surface area (Å²) in [5, 5.41) is 10.0. The molecule has 0 radical (unpaired) electrons. The van der Waals surface area contributed by atoms with Gasteiger partial charge < -0.3 is 14.9 Å². The second-order valence-electron chi connectivity index (χ2n) is 4.69. The lowest BCUT2D eigenvalue weighted by Gasteiger charge is -2.25. The van der Waals surface area contributed by atoms with E-state index in [1.807, 2.05) is 13.8 Å². The Morgan fingerprint density at radius 3 is 2.39 bits per heavy atom. The SMILES string of the molecule is COCCOCC(C)(C)C(=N)CC(=O)NC(C)=O. The molecule has 0 aromatic carbocycles. The van der Waals surface area contributed by atoms with Crippen LogP contribution in [0, 0.1) is 10.8 Å². The van der Waals surface area contributed by atoms with Crippen molar-refractivity contribution in [2.75, 3.05) is 26.9 Å². The zero-order valence-corrected chi connectivity index (χ0v) is 11.5. The number of carbonyl (C=O) groups excluding carboxylic acids is 2. The van der Waals surface area contributed by atoms with Gasteiger partial charge >= 0.3 is 0 Å². The third kappa shape index (κ3) is 7.13. The number of imide groups is 1. The molecule has 18 heavy (non-hydrogen) atoms. The van der Waals surface area contributed by atoms with Gasteiger partial charge in [0.2, 0.25) is 11.8 Å². The molecule has 0 fully saturated rings. The second-order valence-corrected chi connectivity index (χ2v) is 4.69. The van der Waals surface area contributed by atoms with Gasteiger partial charge in [0.1, 0.15) is 0 Å². The monoisotopic (exact) mass is 258 g/mol. The zero-order chi connectivity index (χ0) is 14.2. The van der Waals surface area contributed by atoms with E-state index >= 15 is 0 Å². The van der Waals surface area contributed by atoms with E-state index in [2.05, 4.69) is 5.32 Å². The molecule has 0 aliphatic heterocycles. The van der Waals surface area contributed by atoms with Crippen LogP contribution in [0.5, 0.6) is 0 Å². The minimum Gasteiger partial charge on any atom is -0.382 e. The Labute approximate surface area is 108 Å².